The third-order valence-corrected chi connectivity index (χ3v) is 5.67. The minimum atomic E-state index is -0.699. The third-order valence-electron chi connectivity index (χ3n) is 5.31. The molecule has 176 valence electrons. The predicted molar refractivity (Wildman–Crippen MR) is 119 cm³/mol. The van der Waals surface area contributed by atoms with Crippen LogP contribution in [0, 0.1) is 18.7 Å². The van der Waals surface area contributed by atoms with Gasteiger partial charge in [-0.1, -0.05) is 11.6 Å². The van der Waals surface area contributed by atoms with Crippen LogP contribution in [0.15, 0.2) is 30.3 Å². The molecule has 1 aromatic heterocycles. The highest BCUT2D eigenvalue weighted by molar-refractivity contribution is 6.31. The van der Waals surface area contributed by atoms with Gasteiger partial charge in [-0.15, -0.1) is 0 Å². The van der Waals surface area contributed by atoms with Crippen LogP contribution in [0.5, 0.6) is 0 Å². The molecule has 1 saturated heterocycles. The Morgan fingerprint density at radius 3 is 2.48 bits per heavy atom. The summed E-state index contributed by atoms with van der Waals surface area (Å²) in [5.41, 5.74) is 1.64. The van der Waals surface area contributed by atoms with E-state index in [0.29, 0.717) is 49.5 Å². The number of nitrogens with zero attached hydrogens (tertiary/aromatic N) is 3. The van der Waals surface area contributed by atoms with E-state index in [1.54, 1.807) is 18.7 Å². The number of benzene rings is 1. The van der Waals surface area contributed by atoms with Gasteiger partial charge in [-0.2, -0.15) is 5.10 Å². The second kappa shape index (κ2) is 11.1. The Hall–Kier alpha value is -3.20. The number of aryl methyl sites for hydroxylation is 1. The van der Waals surface area contributed by atoms with Crippen molar-refractivity contribution in [1.29, 1.82) is 0 Å². The van der Waals surface area contributed by atoms with Crippen LogP contribution in [0.1, 0.15) is 31.0 Å². The quantitative estimate of drug-likeness (QED) is 0.449. The molecular formula is C23H25ClFN3O5. The van der Waals surface area contributed by atoms with Crippen molar-refractivity contribution in [3.05, 3.63) is 52.6 Å². The van der Waals surface area contributed by atoms with Gasteiger partial charge in [0.2, 0.25) is 0 Å². The lowest BCUT2D eigenvalue weighted by atomic mass is 9.97. The van der Waals surface area contributed by atoms with Crippen LogP contribution in [0.2, 0.25) is 5.15 Å². The average molecular weight is 478 g/mol. The maximum atomic E-state index is 13.2. The highest BCUT2D eigenvalue weighted by Crippen LogP contribution is 2.25. The Morgan fingerprint density at radius 2 is 1.85 bits per heavy atom. The topological polar surface area (TPSA) is 90.7 Å². The Bertz CT molecular complexity index is 1040. The molecule has 0 saturated carbocycles. The van der Waals surface area contributed by atoms with E-state index in [-0.39, 0.29) is 28.8 Å². The van der Waals surface area contributed by atoms with Crippen LogP contribution in [0.4, 0.5) is 4.39 Å². The molecule has 1 fully saturated rings. The number of esters is 2. The summed E-state index contributed by atoms with van der Waals surface area (Å²) in [6, 6.07) is 5.67. The molecule has 1 aromatic carbocycles. The number of hydrogen-bond donors (Lipinski definition) is 0. The normalized spacial score (nSPS) is 14.5. The second-order valence-electron chi connectivity index (χ2n) is 7.53. The summed E-state index contributed by atoms with van der Waals surface area (Å²) in [5, 5.41) is 4.57. The summed E-state index contributed by atoms with van der Waals surface area (Å²) in [5.74, 6) is -1.84. The first-order valence-electron chi connectivity index (χ1n) is 10.6. The van der Waals surface area contributed by atoms with E-state index >= 15 is 0 Å². The molecule has 0 radical (unpaired) electrons. The number of rotatable bonds is 7. The molecule has 0 N–H and O–H groups in total. The largest absolute Gasteiger partial charge is 0.466 e. The van der Waals surface area contributed by atoms with Crippen LogP contribution >= 0.6 is 11.6 Å². The fourth-order valence-corrected chi connectivity index (χ4v) is 3.84. The summed E-state index contributed by atoms with van der Waals surface area (Å²) in [6.07, 6.45) is 3.68. The van der Waals surface area contributed by atoms with Gasteiger partial charge in [0.15, 0.2) is 6.61 Å². The zero-order valence-corrected chi connectivity index (χ0v) is 19.2. The zero-order valence-electron chi connectivity index (χ0n) is 18.4. The van der Waals surface area contributed by atoms with E-state index < -0.39 is 12.6 Å². The molecule has 33 heavy (non-hydrogen) atoms. The summed E-state index contributed by atoms with van der Waals surface area (Å²) in [6.45, 7) is 4.24. The molecule has 1 aliphatic rings. The lowest BCUT2D eigenvalue weighted by molar-refractivity contribution is -0.153. The highest BCUT2D eigenvalue weighted by atomic mass is 35.5. The lowest BCUT2D eigenvalue weighted by Gasteiger charge is -2.30. The van der Waals surface area contributed by atoms with Crippen molar-refractivity contribution in [1.82, 2.24) is 14.7 Å². The Kier molecular flexibility index (Phi) is 8.21. The molecule has 3 rings (SSSR count). The van der Waals surface area contributed by atoms with Crippen molar-refractivity contribution in [3.8, 4) is 5.69 Å². The molecule has 1 aliphatic heterocycles. The maximum absolute atomic E-state index is 13.2. The third kappa shape index (κ3) is 6.19. The van der Waals surface area contributed by atoms with E-state index in [9.17, 15) is 18.8 Å². The number of likely N-dealkylation sites (tertiary alicyclic amines) is 1. The molecule has 0 unspecified atom stereocenters. The van der Waals surface area contributed by atoms with Crippen molar-refractivity contribution in [2.75, 3.05) is 26.3 Å². The van der Waals surface area contributed by atoms with Crippen molar-refractivity contribution < 1.29 is 28.2 Å². The first-order chi connectivity index (χ1) is 15.8. The summed E-state index contributed by atoms with van der Waals surface area (Å²) < 4.78 is 24.7. The van der Waals surface area contributed by atoms with E-state index in [4.69, 9.17) is 21.1 Å². The van der Waals surface area contributed by atoms with E-state index in [1.807, 2.05) is 0 Å². The van der Waals surface area contributed by atoms with Crippen molar-refractivity contribution >= 4 is 35.5 Å². The van der Waals surface area contributed by atoms with Gasteiger partial charge in [-0.3, -0.25) is 9.59 Å². The molecule has 2 aromatic rings. The van der Waals surface area contributed by atoms with E-state index in [1.165, 1.54) is 41.1 Å². The maximum Gasteiger partial charge on any atom is 0.331 e. The van der Waals surface area contributed by atoms with Crippen LogP contribution in [0.25, 0.3) is 11.8 Å². The second-order valence-corrected chi connectivity index (χ2v) is 7.88. The van der Waals surface area contributed by atoms with Gasteiger partial charge in [-0.25, -0.2) is 13.9 Å². The zero-order chi connectivity index (χ0) is 24.0. The SMILES string of the molecule is CCOC(=O)C1CCN(C(=O)COC(=O)/C=C/c2c(C)nn(-c3ccc(F)cc3)c2Cl)CC1. The van der Waals surface area contributed by atoms with Gasteiger partial charge in [0.25, 0.3) is 5.91 Å². The van der Waals surface area contributed by atoms with Crippen LogP contribution < -0.4 is 0 Å². The lowest BCUT2D eigenvalue weighted by Crippen LogP contribution is -2.42. The molecule has 2 heterocycles. The molecule has 10 heteroatoms. The number of carbonyl (C=O) groups excluding carboxylic acids is 3. The number of aromatic nitrogens is 2. The predicted octanol–water partition coefficient (Wildman–Crippen LogP) is 3.33. The minimum Gasteiger partial charge on any atom is -0.466 e. The number of piperidine rings is 1. The summed E-state index contributed by atoms with van der Waals surface area (Å²) in [7, 11) is 0. The van der Waals surface area contributed by atoms with Crippen LogP contribution in [-0.4, -0.2) is 58.8 Å². The number of carbonyl (C=O) groups is 3. The summed E-state index contributed by atoms with van der Waals surface area (Å²) in [4.78, 5) is 37.8. The Balaban J connectivity index is 1.52. The van der Waals surface area contributed by atoms with Gasteiger partial charge in [0.05, 0.1) is 23.9 Å². The fourth-order valence-electron chi connectivity index (χ4n) is 3.50. The van der Waals surface area contributed by atoms with Gasteiger partial charge in [0.1, 0.15) is 11.0 Å². The molecule has 0 aliphatic carbocycles. The van der Waals surface area contributed by atoms with Crippen molar-refractivity contribution in [2.24, 2.45) is 5.92 Å². The van der Waals surface area contributed by atoms with Gasteiger partial charge < -0.3 is 14.4 Å². The van der Waals surface area contributed by atoms with E-state index in [0.717, 1.165) is 0 Å². The molecule has 0 bridgehead atoms. The van der Waals surface area contributed by atoms with Gasteiger partial charge >= 0.3 is 11.9 Å². The molecule has 0 atom stereocenters. The van der Waals surface area contributed by atoms with Crippen molar-refractivity contribution in [2.45, 2.75) is 26.7 Å². The fraction of sp³-hybridized carbons (Fsp3) is 0.391. The molecular weight excluding hydrogens is 453 g/mol. The smallest absolute Gasteiger partial charge is 0.331 e. The molecule has 0 spiro atoms. The standard InChI is InChI=1S/C23H25ClFN3O5/c1-3-32-23(31)16-10-12-27(13-11-16)20(29)14-33-21(30)9-8-19-15(2)26-28(22(19)24)18-6-4-17(25)5-7-18/h4-9,16H,3,10-14H2,1-2H3/b9-8+. The number of halogens is 2. The first kappa shape index (κ1) is 24.4. The monoisotopic (exact) mass is 477 g/mol. The average Bonchev–Trinajstić information content (AvgIpc) is 3.10. The Labute approximate surface area is 195 Å². The van der Waals surface area contributed by atoms with Gasteiger partial charge in [0, 0.05) is 24.7 Å². The number of ether oxygens (including phenoxy) is 2. The minimum absolute atomic E-state index is 0.205. The van der Waals surface area contributed by atoms with Crippen LogP contribution in [0.3, 0.4) is 0 Å². The van der Waals surface area contributed by atoms with E-state index in [2.05, 4.69) is 5.10 Å². The Morgan fingerprint density at radius 1 is 1.18 bits per heavy atom. The molecule has 1 amide bonds. The molecule has 8 nitrogen and oxygen atoms in total. The van der Waals surface area contributed by atoms with Crippen molar-refractivity contribution in [3.63, 3.8) is 0 Å². The van der Waals surface area contributed by atoms with Crippen LogP contribution in [-0.2, 0) is 23.9 Å². The number of hydrogen-bond acceptors (Lipinski definition) is 6. The number of amides is 1. The summed E-state index contributed by atoms with van der Waals surface area (Å²) >= 11 is 6.38. The first-order valence-corrected chi connectivity index (χ1v) is 11.0. The highest BCUT2D eigenvalue weighted by Gasteiger charge is 2.28. The van der Waals surface area contributed by atoms with Gasteiger partial charge in [-0.05, 0) is 57.0 Å².